The second kappa shape index (κ2) is 8.08. The van der Waals surface area contributed by atoms with Gasteiger partial charge in [-0.15, -0.1) is 0 Å². The minimum atomic E-state index is -0.304. The zero-order valence-corrected chi connectivity index (χ0v) is 16.4. The highest BCUT2D eigenvalue weighted by Crippen LogP contribution is 2.26. The Morgan fingerprint density at radius 2 is 1.68 bits per heavy atom. The van der Waals surface area contributed by atoms with E-state index >= 15 is 0 Å². The molecule has 2 aromatic carbocycles. The molecule has 1 N–H and O–H groups in total. The second-order valence-electron chi connectivity index (χ2n) is 7.30. The van der Waals surface area contributed by atoms with Crippen LogP contribution in [0.2, 0.25) is 0 Å². The highest BCUT2D eigenvalue weighted by molar-refractivity contribution is 5.95. The Bertz CT molecular complexity index is 963. The molecule has 0 unspecified atom stereocenters. The largest absolute Gasteiger partial charge is 0.497 e. The van der Waals surface area contributed by atoms with E-state index in [0.717, 1.165) is 11.3 Å². The molecule has 0 aliphatic carbocycles. The number of carbonyl (C=O) groups is 1. The van der Waals surface area contributed by atoms with Gasteiger partial charge in [-0.1, -0.05) is 12.1 Å². The van der Waals surface area contributed by atoms with Crippen molar-refractivity contribution in [2.45, 2.75) is 26.3 Å². The van der Waals surface area contributed by atoms with E-state index in [0.29, 0.717) is 22.9 Å². The minimum Gasteiger partial charge on any atom is -0.497 e. The number of carbonyl (C=O) groups excluding carboxylic acids is 1. The van der Waals surface area contributed by atoms with Crippen LogP contribution in [0.5, 0.6) is 17.4 Å². The number of amides is 1. The van der Waals surface area contributed by atoms with Gasteiger partial charge in [0.1, 0.15) is 17.8 Å². The fourth-order valence-electron chi connectivity index (χ4n) is 2.55. The van der Waals surface area contributed by atoms with Crippen molar-refractivity contribution in [3.8, 4) is 28.6 Å². The molecule has 0 aliphatic heterocycles. The van der Waals surface area contributed by atoms with E-state index in [9.17, 15) is 4.79 Å². The molecular formula is C22H23N3O3. The summed E-state index contributed by atoms with van der Waals surface area (Å²) in [6.45, 7) is 5.84. The van der Waals surface area contributed by atoms with E-state index in [1.165, 1.54) is 6.33 Å². The number of ether oxygens (including phenoxy) is 2. The summed E-state index contributed by atoms with van der Waals surface area (Å²) in [4.78, 5) is 20.9. The lowest BCUT2D eigenvalue weighted by Crippen LogP contribution is -2.40. The van der Waals surface area contributed by atoms with Crippen LogP contribution in [0.1, 0.15) is 31.1 Å². The second-order valence-corrected chi connectivity index (χ2v) is 7.30. The van der Waals surface area contributed by atoms with Crippen molar-refractivity contribution in [1.29, 1.82) is 0 Å². The number of hydrogen-bond acceptors (Lipinski definition) is 5. The molecule has 0 saturated heterocycles. The molecule has 1 aromatic heterocycles. The van der Waals surface area contributed by atoms with Gasteiger partial charge in [-0.3, -0.25) is 4.79 Å². The summed E-state index contributed by atoms with van der Waals surface area (Å²) in [6.07, 6.45) is 1.44. The lowest BCUT2D eigenvalue weighted by atomic mass is 10.0. The highest BCUT2D eigenvalue weighted by Gasteiger charge is 2.16. The van der Waals surface area contributed by atoms with Crippen molar-refractivity contribution < 1.29 is 14.3 Å². The molecule has 0 spiro atoms. The summed E-state index contributed by atoms with van der Waals surface area (Å²) in [5.41, 5.74) is 1.75. The van der Waals surface area contributed by atoms with E-state index in [4.69, 9.17) is 9.47 Å². The first kappa shape index (κ1) is 19.4. The molecule has 0 bridgehead atoms. The number of methoxy groups -OCH3 is 1. The SMILES string of the molecule is COc1ccc(Oc2cc(-c3cccc(C(=O)NC(C)(C)C)c3)ncn2)cc1. The van der Waals surface area contributed by atoms with E-state index in [2.05, 4.69) is 15.3 Å². The molecule has 0 saturated carbocycles. The van der Waals surface area contributed by atoms with E-state index in [1.54, 1.807) is 37.4 Å². The molecule has 1 amide bonds. The van der Waals surface area contributed by atoms with Crippen molar-refractivity contribution >= 4 is 5.91 Å². The molecule has 28 heavy (non-hydrogen) atoms. The molecule has 1 heterocycles. The molecule has 6 heteroatoms. The number of hydrogen-bond donors (Lipinski definition) is 1. The first-order valence-electron chi connectivity index (χ1n) is 8.91. The first-order chi connectivity index (χ1) is 13.3. The predicted molar refractivity (Wildman–Crippen MR) is 108 cm³/mol. The molecule has 0 radical (unpaired) electrons. The lowest BCUT2D eigenvalue weighted by molar-refractivity contribution is 0.0919. The highest BCUT2D eigenvalue weighted by atomic mass is 16.5. The maximum atomic E-state index is 12.4. The van der Waals surface area contributed by atoms with Gasteiger partial charge in [0.25, 0.3) is 5.91 Å². The van der Waals surface area contributed by atoms with Crippen LogP contribution in [0.3, 0.4) is 0 Å². The normalized spacial score (nSPS) is 11.0. The van der Waals surface area contributed by atoms with Crippen LogP contribution in [0.4, 0.5) is 0 Å². The molecule has 6 nitrogen and oxygen atoms in total. The average Bonchev–Trinajstić information content (AvgIpc) is 2.68. The summed E-state index contributed by atoms with van der Waals surface area (Å²) in [5, 5.41) is 2.96. The Labute approximate surface area is 164 Å². The standard InChI is InChI=1S/C22H23N3O3/c1-22(2,3)25-21(26)16-7-5-6-15(12-16)19-13-20(24-14-23-19)28-18-10-8-17(27-4)9-11-18/h5-14H,1-4H3,(H,25,26). The summed E-state index contributed by atoms with van der Waals surface area (Å²) >= 11 is 0. The lowest BCUT2D eigenvalue weighted by Gasteiger charge is -2.20. The van der Waals surface area contributed by atoms with Crippen molar-refractivity contribution in [3.05, 3.63) is 66.5 Å². The number of benzene rings is 2. The van der Waals surface area contributed by atoms with E-state index in [-0.39, 0.29) is 11.4 Å². The third-order valence-corrected chi connectivity index (χ3v) is 3.83. The van der Waals surface area contributed by atoms with Crippen molar-refractivity contribution in [2.75, 3.05) is 7.11 Å². The number of rotatable bonds is 5. The van der Waals surface area contributed by atoms with Gasteiger partial charge >= 0.3 is 0 Å². The Balaban J connectivity index is 1.81. The predicted octanol–water partition coefficient (Wildman–Crippen LogP) is 4.47. The van der Waals surface area contributed by atoms with Crippen LogP contribution < -0.4 is 14.8 Å². The Hall–Kier alpha value is -3.41. The topological polar surface area (TPSA) is 73.3 Å². The van der Waals surface area contributed by atoms with E-state index in [1.807, 2.05) is 45.0 Å². The summed E-state index contributed by atoms with van der Waals surface area (Å²) in [7, 11) is 1.61. The van der Waals surface area contributed by atoms with Crippen LogP contribution in [0.15, 0.2) is 60.9 Å². The van der Waals surface area contributed by atoms with Gasteiger partial charge in [-0.25, -0.2) is 9.97 Å². The van der Waals surface area contributed by atoms with Gasteiger partial charge in [0.05, 0.1) is 12.8 Å². The Morgan fingerprint density at radius 1 is 0.964 bits per heavy atom. The quantitative estimate of drug-likeness (QED) is 0.710. The van der Waals surface area contributed by atoms with Crippen LogP contribution in [0, 0.1) is 0 Å². The van der Waals surface area contributed by atoms with Crippen LogP contribution in [0.25, 0.3) is 11.3 Å². The Morgan fingerprint density at radius 3 is 2.36 bits per heavy atom. The molecular weight excluding hydrogens is 354 g/mol. The van der Waals surface area contributed by atoms with Gasteiger partial charge in [0.15, 0.2) is 0 Å². The van der Waals surface area contributed by atoms with Gasteiger partial charge in [0, 0.05) is 22.7 Å². The molecule has 3 aromatic rings. The smallest absolute Gasteiger partial charge is 0.251 e. The van der Waals surface area contributed by atoms with Gasteiger partial charge < -0.3 is 14.8 Å². The van der Waals surface area contributed by atoms with Crippen molar-refractivity contribution in [1.82, 2.24) is 15.3 Å². The maximum absolute atomic E-state index is 12.4. The van der Waals surface area contributed by atoms with Gasteiger partial charge in [0.2, 0.25) is 5.88 Å². The van der Waals surface area contributed by atoms with Crippen LogP contribution in [-0.2, 0) is 0 Å². The van der Waals surface area contributed by atoms with Crippen molar-refractivity contribution in [3.63, 3.8) is 0 Å². The average molecular weight is 377 g/mol. The number of aromatic nitrogens is 2. The fraction of sp³-hybridized carbons (Fsp3) is 0.227. The van der Waals surface area contributed by atoms with Gasteiger partial charge in [-0.2, -0.15) is 0 Å². The molecule has 0 aliphatic rings. The third kappa shape index (κ3) is 5.07. The number of nitrogens with one attached hydrogen (secondary N) is 1. The van der Waals surface area contributed by atoms with Crippen molar-refractivity contribution in [2.24, 2.45) is 0 Å². The third-order valence-electron chi connectivity index (χ3n) is 3.83. The zero-order chi connectivity index (χ0) is 20.1. The molecule has 0 fully saturated rings. The first-order valence-corrected chi connectivity index (χ1v) is 8.91. The maximum Gasteiger partial charge on any atom is 0.251 e. The number of nitrogens with zero attached hydrogens (tertiary/aromatic N) is 2. The summed E-state index contributed by atoms with van der Waals surface area (Å²) in [5.74, 6) is 1.68. The molecule has 144 valence electrons. The Kier molecular flexibility index (Phi) is 5.59. The fourth-order valence-corrected chi connectivity index (χ4v) is 2.55. The summed E-state index contributed by atoms with van der Waals surface area (Å²) < 4.78 is 10.9. The van der Waals surface area contributed by atoms with Crippen LogP contribution >= 0.6 is 0 Å². The molecule has 3 rings (SSSR count). The molecule has 0 atom stereocenters. The monoisotopic (exact) mass is 377 g/mol. The van der Waals surface area contributed by atoms with Crippen LogP contribution in [-0.4, -0.2) is 28.5 Å². The van der Waals surface area contributed by atoms with E-state index < -0.39 is 0 Å². The van der Waals surface area contributed by atoms with Gasteiger partial charge in [-0.05, 0) is 57.2 Å². The summed E-state index contributed by atoms with van der Waals surface area (Å²) in [6, 6.07) is 16.3. The zero-order valence-electron chi connectivity index (χ0n) is 16.4. The minimum absolute atomic E-state index is 0.127.